The molecule has 0 saturated heterocycles. The number of aromatic amines is 1. The number of aliphatic imine (C=N–C) groups is 1. The molecule has 0 atom stereocenters. The van der Waals surface area contributed by atoms with Crippen LogP contribution in [0.5, 0.6) is 0 Å². The van der Waals surface area contributed by atoms with Gasteiger partial charge in [-0.25, -0.2) is 0 Å². The Balaban J connectivity index is 1.85. The third kappa shape index (κ3) is 5.63. The molecular weight excluding hydrogens is 526 g/mol. The van der Waals surface area contributed by atoms with E-state index >= 15 is 0 Å². The number of carbonyl (C=O) groups is 2. The van der Waals surface area contributed by atoms with Crippen LogP contribution < -0.4 is 0 Å². The number of amidine groups is 1. The number of nitrogens with zero attached hydrogens (tertiary/aromatic N) is 3. The molecule has 1 aliphatic heterocycles. The third-order valence-corrected chi connectivity index (χ3v) is 6.67. The molecule has 0 saturated carbocycles. The summed E-state index contributed by atoms with van der Waals surface area (Å²) in [7, 11) is 1.38. The smallest absolute Gasteiger partial charge is 0.416 e. The van der Waals surface area contributed by atoms with E-state index < -0.39 is 53.9 Å². The van der Waals surface area contributed by atoms with Gasteiger partial charge in [-0.1, -0.05) is 12.1 Å². The average Bonchev–Trinajstić information content (AvgIpc) is 3.41. The molecule has 0 bridgehead atoms. The summed E-state index contributed by atoms with van der Waals surface area (Å²) in [6.07, 6.45) is -9.17. The summed E-state index contributed by atoms with van der Waals surface area (Å²) < 4.78 is 80.9. The number of carboxylic acids is 1. The van der Waals surface area contributed by atoms with Gasteiger partial charge in [-0.05, 0) is 59.1 Å². The Bertz CT molecular complexity index is 1460. The lowest BCUT2D eigenvalue weighted by molar-refractivity contribution is -0.143. The van der Waals surface area contributed by atoms with Crippen LogP contribution in [0.15, 0.2) is 52.5 Å². The summed E-state index contributed by atoms with van der Waals surface area (Å²) in [5, 5.41) is 16.2. The number of aromatic nitrogens is 2. The summed E-state index contributed by atoms with van der Waals surface area (Å²) in [6.45, 7) is -0.486. The van der Waals surface area contributed by atoms with E-state index in [1.54, 1.807) is 12.1 Å². The highest BCUT2D eigenvalue weighted by Crippen LogP contribution is 2.41. The summed E-state index contributed by atoms with van der Waals surface area (Å²) >= 11 is 0.777. The van der Waals surface area contributed by atoms with E-state index in [2.05, 4.69) is 15.2 Å². The molecule has 1 amide bonds. The maximum Gasteiger partial charge on any atom is 0.416 e. The molecule has 2 heterocycles. The second-order valence-corrected chi connectivity index (χ2v) is 9.05. The number of thioether (sulfide) groups is 1. The van der Waals surface area contributed by atoms with Gasteiger partial charge < -0.3 is 10.0 Å². The summed E-state index contributed by atoms with van der Waals surface area (Å²) in [4.78, 5) is 28.8. The first-order valence-corrected chi connectivity index (χ1v) is 11.2. The number of fused-ring (bicyclic) bond motifs is 1. The number of amides is 1. The minimum absolute atomic E-state index is 0.0211. The molecule has 37 heavy (non-hydrogen) atoms. The second-order valence-electron chi connectivity index (χ2n) is 8.08. The lowest BCUT2D eigenvalue weighted by Crippen LogP contribution is -2.29. The Morgan fingerprint density at radius 1 is 1.08 bits per heavy atom. The molecule has 194 valence electrons. The van der Waals surface area contributed by atoms with Crippen molar-refractivity contribution in [2.24, 2.45) is 4.99 Å². The first-order chi connectivity index (χ1) is 17.2. The topological polar surface area (TPSA) is 98.6 Å². The van der Waals surface area contributed by atoms with Crippen LogP contribution in [0.3, 0.4) is 0 Å². The van der Waals surface area contributed by atoms with Gasteiger partial charge in [0.2, 0.25) is 0 Å². The van der Waals surface area contributed by atoms with Crippen molar-refractivity contribution in [2.45, 2.75) is 18.8 Å². The zero-order chi connectivity index (χ0) is 27.1. The lowest BCUT2D eigenvalue weighted by Gasteiger charge is -2.19. The fourth-order valence-electron chi connectivity index (χ4n) is 3.73. The molecule has 2 N–H and O–H groups in total. The zero-order valence-corrected chi connectivity index (χ0v) is 19.6. The largest absolute Gasteiger partial charge is 0.480 e. The van der Waals surface area contributed by atoms with E-state index in [0.717, 1.165) is 17.8 Å². The molecule has 0 spiro atoms. The quantitative estimate of drug-likeness (QED) is 0.340. The van der Waals surface area contributed by atoms with Crippen LogP contribution in [-0.2, 0) is 28.4 Å². The van der Waals surface area contributed by atoms with Crippen molar-refractivity contribution >= 4 is 45.3 Å². The number of carboxylic acid groups (broad SMARTS) is 1. The number of hydrogen-bond donors (Lipinski definition) is 2. The SMILES string of the molecule is CN(CC(=O)O)C1=NC(=O)C(=C(Cc2ccc(C(F)(F)F)cc2C(F)(F)F)c2ccc3[nH]ncc3c2)S1. The van der Waals surface area contributed by atoms with E-state index in [4.69, 9.17) is 5.11 Å². The van der Waals surface area contributed by atoms with Gasteiger partial charge in [0.25, 0.3) is 5.91 Å². The van der Waals surface area contributed by atoms with Crippen LogP contribution >= 0.6 is 11.8 Å². The number of allylic oxidation sites excluding steroid dienone is 1. The number of carbonyl (C=O) groups excluding carboxylic acids is 1. The van der Waals surface area contributed by atoms with Crippen molar-refractivity contribution in [1.29, 1.82) is 0 Å². The van der Waals surface area contributed by atoms with Gasteiger partial charge in [0, 0.05) is 12.4 Å². The van der Waals surface area contributed by atoms with Crippen molar-refractivity contribution in [2.75, 3.05) is 13.6 Å². The van der Waals surface area contributed by atoms with Gasteiger partial charge >= 0.3 is 18.3 Å². The summed E-state index contributed by atoms with van der Waals surface area (Å²) in [6, 6.07) is 6.04. The van der Waals surface area contributed by atoms with Crippen LogP contribution in [0, 0.1) is 0 Å². The van der Waals surface area contributed by atoms with Gasteiger partial charge in [0.15, 0.2) is 5.17 Å². The molecule has 0 fully saturated rings. The number of alkyl halides is 6. The van der Waals surface area contributed by atoms with Crippen molar-refractivity contribution in [3.63, 3.8) is 0 Å². The lowest BCUT2D eigenvalue weighted by atomic mass is 9.92. The Kier molecular flexibility index (Phi) is 6.79. The van der Waals surface area contributed by atoms with Crippen LogP contribution in [0.25, 0.3) is 16.5 Å². The van der Waals surface area contributed by atoms with E-state index in [0.29, 0.717) is 22.5 Å². The maximum atomic E-state index is 13.8. The molecule has 7 nitrogen and oxygen atoms in total. The van der Waals surface area contributed by atoms with Crippen LogP contribution in [-0.4, -0.2) is 50.8 Å². The molecule has 2 aromatic carbocycles. The normalized spacial score (nSPS) is 15.8. The molecule has 14 heteroatoms. The van der Waals surface area contributed by atoms with E-state index in [-0.39, 0.29) is 21.7 Å². The number of rotatable bonds is 5. The van der Waals surface area contributed by atoms with E-state index in [9.17, 15) is 35.9 Å². The molecule has 1 aliphatic rings. The average molecular weight is 542 g/mol. The Morgan fingerprint density at radius 2 is 1.81 bits per heavy atom. The van der Waals surface area contributed by atoms with Crippen molar-refractivity contribution in [3.8, 4) is 0 Å². The maximum absolute atomic E-state index is 13.8. The fraction of sp³-hybridized carbons (Fsp3) is 0.217. The number of H-pyrrole nitrogens is 1. The molecular formula is C23H16F6N4O3S. The predicted octanol–water partition coefficient (Wildman–Crippen LogP) is 5.20. The van der Waals surface area contributed by atoms with Crippen LogP contribution in [0.4, 0.5) is 26.3 Å². The molecule has 4 rings (SSSR count). The molecule has 1 aromatic heterocycles. The highest BCUT2D eigenvalue weighted by atomic mass is 32.2. The number of hydrogen-bond acceptors (Lipinski definition) is 5. The molecule has 0 radical (unpaired) electrons. The van der Waals surface area contributed by atoms with Gasteiger partial charge in [-0.15, -0.1) is 0 Å². The highest BCUT2D eigenvalue weighted by Gasteiger charge is 2.39. The highest BCUT2D eigenvalue weighted by molar-refractivity contribution is 8.18. The van der Waals surface area contributed by atoms with E-state index in [1.807, 2.05) is 0 Å². The van der Waals surface area contributed by atoms with E-state index in [1.165, 1.54) is 24.2 Å². The second kappa shape index (κ2) is 9.57. The number of halogens is 6. The van der Waals surface area contributed by atoms with Gasteiger partial charge in [0.1, 0.15) is 6.54 Å². The van der Waals surface area contributed by atoms with Crippen molar-refractivity contribution in [1.82, 2.24) is 15.1 Å². The zero-order valence-electron chi connectivity index (χ0n) is 18.7. The molecule has 0 unspecified atom stereocenters. The Labute approximate surface area is 208 Å². The minimum Gasteiger partial charge on any atom is -0.480 e. The van der Waals surface area contributed by atoms with Gasteiger partial charge in [0.05, 0.1) is 27.7 Å². The number of nitrogens with one attached hydrogen (secondary N) is 1. The minimum atomic E-state index is -5.10. The first kappa shape index (κ1) is 26.3. The fourth-order valence-corrected chi connectivity index (χ4v) is 4.70. The van der Waals surface area contributed by atoms with Gasteiger partial charge in [-0.2, -0.15) is 36.4 Å². The van der Waals surface area contributed by atoms with Crippen LogP contribution in [0.1, 0.15) is 22.3 Å². The predicted molar refractivity (Wildman–Crippen MR) is 123 cm³/mol. The van der Waals surface area contributed by atoms with Crippen molar-refractivity contribution < 1.29 is 41.0 Å². The van der Waals surface area contributed by atoms with Crippen LogP contribution in [0.2, 0.25) is 0 Å². The molecule has 3 aromatic rings. The Morgan fingerprint density at radius 3 is 2.46 bits per heavy atom. The summed E-state index contributed by atoms with van der Waals surface area (Å²) in [5.41, 5.74) is -2.38. The van der Waals surface area contributed by atoms with Crippen molar-refractivity contribution in [3.05, 3.63) is 69.8 Å². The number of likely N-dealkylation sites (N-methyl/N-ethyl adjacent to an activating group) is 1. The Hall–Kier alpha value is -3.81. The monoisotopic (exact) mass is 542 g/mol. The first-order valence-electron chi connectivity index (χ1n) is 10.4. The van der Waals surface area contributed by atoms with Gasteiger partial charge in [-0.3, -0.25) is 14.7 Å². The standard InChI is InChI=1S/C23H16F6N4O3S/c1-33(10-18(34)35)21-31-20(36)19(37-21)15(11-3-5-17-13(6-11)9-30-32-17)7-12-2-4-14(22(24,25)26)8-16(12)23(27,28)29/h2-6,8-9H,7,10H2,1H3,(H,30,32)(H,34,35). The summed E-state index contributed by atoms with van der Waals surface area (Å²) in [5.74, 6) is -2.00. The molecule has 0 aliphatic carbocycles. The third-order valence-electron chi connectivity index (χ3n) is 5.46. The number of aliphatic carboxylic acids is 1. The number of benzene rings is 2.